The molecule has 0 spiro atoms. The molecule has 0 aliphatic carbocycles. The summed E-state index contributed by atoms with van der Waals surface area (Å²) < 4.78 is 9.67. The molecule has 0 unspecified atom stereocenters. The summed E-state index contributed by atoms with van der Waals surface area (Å²) in [4.78, 5) is 22.2. The Morgan fingerprint density at radius 1 is 1.37 bits per heavy atom. The minimum Gasteiger partial charge on any atom is -0.497 e. The molecular weight excluding hydrogens is 248 g/mol. The molecule has 0 fully saturated rings. The van der Waals surface area contributed by atoms with Gasteiger partial charge in [-0.2, -0.15) is 0 Å². The maximum atomic E-state index is 11.1. The average Bonchev–Trinajstić information content (AvgIpc) is 2.39. The molecule has 0 saturated carbocycles. The fourth-order valence-electron chi connectivity index (χ4n) is 1.36. The molecule has 0 heterocycles. The van der Waals surface area contributed by atoms with E-state index in [9.17, 15) is 9.59 Å². The summed E-state index contributed by atoms with van der Waals surface area (Å²) >= 11 is 0. The fourth-order valence-corrected chi connectivity index (χ4v) is 1.36. The number of esters is 1. The summed E-state index contributed by atoms with van der Waals surface area (Å²) in [6, 6.07) is 4.54. The normalized spacial score (nSPS) is 9.16. The maximum absolute atomic E-state index is 11.1. The van der Waals surface area contributed by atoms with Gasteiger partial charge in [-0.15, -0.1) is 0 Å². The summed E-state index contributed by atoms with van der Waals surface area (Å²) in [6.45, 7) is 2.00. The van der Waals surface area contributed by atoms with Crippen molar-refractivity contribution in [2.75, 3.05) is 13.7 Å². The molecule has 0 aromatic heterocycles. The van der Waals surface area contributed by atoms with Gasteiger partial charge >= 0.3 is 11.9 Å². The lowest BCUT2D eigenvalue weighted by Gasteiger charge is -2.03. The SMILES string of the molecule is CCOC(=O)CC#Cc1ccc(OC)cc1C(=O)O. The Morgan fingerprint density at radius 3 is 2.68 bits per heavy atom. The van der Waals surface area contributed by atoms with Gasteiger partial charge in [-0.3, -0.25) is 4.79 Å². The van der Waals surface area contributed by atoms with Crippen LogP contribution < -0.4 is 4.74 Å². The summed E-state index contributed by atoms with van der Waals surface area (Å²) in [5.74, 6) is 4.15. The first kappa shape index (κ1) is 14.6. The molecule has 5 nitrogen and oxygen atoms in total. The Bertz CT molecular complexity index is 537. The van der Waals surface area contributed by atoms with Crippen LogP contribution in [0, 0.1) is 11.8 Å². The number of carbonyl (C=O) groups excluding carboxylic acids is 1. The first-order chi connectivity index (χ1) is 9.08. The third-order valence-electron chi connectivity index (χ3n) is 2.22. The van der Waals surface area contributed by atoms with E-state index in [2.05, 4.69) is 11.8 Å². The van der Waals surface area contributed by atoms with Gasteiger partial charge in [0.05, 0.1) is 19.3 Å². The van der Waals surface area contributed by atoms with Crippen molar-refractivity contribution in [1.82, 2.24) is 0 Å². The van der Waals surface area contributed by atoms with Gasteiger partial charge in [0.15, 0.2) is 0 Å². The van der Waals surface area contributed by atoms with Crippen LogP contribution in [0.1, 0.15) is 29.3 Å². The van der Waals surface area contributed by atoms with Crippen molar-refractivity contribution >= 4 is 11.9 Å². The number of methoxy groups -OCH3 is 1. The highest BCUT2D eigenvalue weighted by molar-refractivity contribution is 5.91. The summed E-state index contributed by atoms with van der Waals surface area (Å²) in [6.07, 6.45) is -0.0705. The van der Waals surface area contributed by atoms with Crippen LogP contribution in [0.15, 0.2) is 18.2 Å². The van der Waals surface area contributed by atoms with Gasteiger partial charge in [-0.05, 0) is 25.1 Å². The van der Waals surface area contributed by atoms with Crippen LogP contribution in [0.3, 0.4) is 0 Å². The number of benzene rings is 1. The van der Waals surface area contributed by atoms with Crippen LogP contribution in [0.2, 0.25) is 0 Å². The van der Waals surface area contributed by atoms with Crippen molar-refractivity contribution in [2.45, 2.75) is 13.3 Å². The third-order valence-corrected chi connectivity index (χ3v) is 2.22. The van der Waals surface area contributed by atoms with Crippen LogP contribution in [-0.4, -0.2) is 30.8 Å². The fraction of sp³-hybridized carbons (Fsp3) is 0.286. The number of carboxylic acids is 1. The number of carbonyl (C=O) groups is 2. The zero-order valence-electron chi connectivity index (χ0n) is 10.7. The Hall–Kier alpha value is -2.48. The molecule has 19 heavy (non-hydrogen) atoms. The van der Waals surface area contributed by atoms with E-state index in [0.29, 0.717) is 17.9 Å². The largest absolute Gasteiger partial charge is 0.497 e. The Labute approximate surface area is 111 Å². The number of carboxylic acid groups (broad SMARTS) is 1. The standard InChI is InChI=1S/C14H14O5/c1-3-19-13(15)6-4-5-10-7-8-11(18-2)9-12(10)14(16)17/h7-9H,3,6H2,1-2H3,(H,16,17). The molecule has 0 amide bonds. The van der Waals surface area contributed by atoms with E-state index in [1.807, 2.05) is 0 Å². The Balaban J connectivity index is 2.92. The number of hydrogen-bond acceptors (Lipinski definition) is 4. The van der Waals surface area contributed by atoms with Gasteiger partial charge < -0.3 is 14.6 Å². The van der Waals surface area contributed by atoms with Crippen molar-refractivity contribution in [1.29, 1.82) is 0 Å². The average molecular weight is 262 g/mol. The highest BCUT2D eigenvalue weighted by Gasteiger charge is 2.09. The second kappa shape index (κ2) is 7.07. The maximum Gasteiger partial charge on any atom is 0.337 e. The molecular formula is C14H14O5. The highest BCUT2D eigenvalue weighted by Crippen LogP contribution is 2.17. The molecule has 0 saturated heterocycles. The van der Waals surface area contributed by atoms with Gasteiger partial charge in [-0.1, -0.05) is 11.8 Å². The van der Waals surface area contributed by atoms with Gasteiger partial charge in [0.2, 0.25) is 0 Å². The minimum absolute atomic E-state index is 0.0377. The summed E-state index contributed by atoms with van der Waals surface area (Å²) in [7, 11) is 1.45. The van der Waals surface area contributed by atoms with E-state index in [4.69, 9.17) is 14.6 Å². The molecule has 1 N–H and O–H groups in total. The second-order valence-electron chi connectivity index (χ2n) is 3.50. The second-order valence-corrected chi connectivity index (χ2v) is 3.50. The van der Waals surface area contributed by atoms with Crippen molar-refractivity contribution in [2.24, 2.45) is 0 Å². The summed E-state index contributed by atoms with van der Waals surface area (Å²) in [5, 5.41) is 9.06. The van der Waals surface area contributed by atoms with E-state index >= 15 is 0 Å². The van der Waals surface area contributed by atoms with Crippen LogP contribution >= 0.6 is 0 Å². The lowest BCUT2D eigenvalue weighted by molar-refractivity contribution is -0.141. The lowest BCUT2D eigenvalue weighted by atomic mass is 10.1. The molecule has 1 rings (SSSR count). The molecule has 0 aliphatic rings. The monoisotopic (exact) mass is 262 g/mol. The molecule has 5 heteroatoms. The molecule has 100 valence electrons. The van der Waals surface area contributed by atoms with Crippen LogP contribution in [0.4, 0.5) is 0 Å². The minimum atomic E-state index is -1.10. The van der Waals surface area contributed by atoms with Gasteiger partial charge in [0, 0.05) is 5.56 Å². The first-order valence-corrected chi connectivity index (χ1v) is 5.64. The lowest BCUT2D eigenvalue weighted by Crippen LogP contribution is -2.02. The van der Waals surface area contributed by atoms with E-state index in [1.54, 1.807) is 19.1 Å². The zero-order valence-corrected chi connectivity index (χ0v) is 10.7. The molecule has 0 radical (unpaired) electrons. The number of hydrogen-bond donors (Lipinski definition) is 1. The quantitative estimate of drug-likeness (QED) is 0.660. The number of rotatable bonds is 4. The number of aromatic carboxylic acids is 1. The van der Waals surface area contributed by atoms with Crippen molar-refractivity contribution < 1.29 is 24.2 Å². The molecule has 1 aromatic carbocycles. The molecule has 0 atom stereocenters. The van der Waals surface area contributed by atoms with Crippen LogP contribution in [0.5, 0.6) is 5.75 Å². The molecule has 1 aromatic rings. The third kappa shape index (κ3) is 4.36. The smallest absolute Gasteiger partial charge is 0.337 e. The predicted octanol–water partition coefficient (Wildman–Crippen LogP) is 1.70. The van der Waals surface area contributed by atoms with Gasteiger partial charge in [-0.25, -0.2) is 4.79 Å². The van der Waals surface area contributed by atoms with Gasteiger partial charge in [0.1, 0.15) is 12.2 Å². The Kier molecular flexibility index (Phi) is 5.42. The number of ether oxygens (including phenoxy) is 2. The van der Waals surface area contributed by atoms with Crippen molar-refractivity contribution in [3.05, 3.63) is 29.3 Å². The highest BCUT2D eigenvalue weighted by atomic mass is 16.5. The van der Waals surface area contributed by atoms with Gasteiger partial charge in [0.25, 0.3) is 0 Å². The topological polar surface area (TPSA) is 72.8 Å². The summed E-state index contributed by atoms with van der Waals surface area (Å²) in [5.41, 5.74) is 0.369. The van der Waals surface area contributed by atoms with Crippen LogP contribution in [0.25, 0.3) is 0 Å². The van der Waals surface area contributed by atoms with Crippen molar-refractivity contribution in [3.8, 4) is 17.6 Å². The molecule has 0 aliphatic heterocycles. The zero-order chi connectivity index (χ0) is 14.3. The predicted molar refractivity (Wildman–Crippen MR) is 68.1 cm³/mol. The molecule has 0 bridgehead atoms. The van der Waals surface area contributed by atoms with E-state index in [0.717, 1.165) is 0 Å². The Morgan fingerprint density at radius 2 is 2.11 bits per heavy atom. The first-order valence-electron chi connectivity index (χ1n) is 5.64. The van der Waals surface area contributed by atoms with Crippen molar-refractivity contribution in [3.63, 3.8) is 0 Å². The van der Waals surface area contributed by atoms with E-state index < -0.39 is 11.9 Å². The van der Waals surface area contributed by atoms with E-state index in [-0.39, 0.29) is 12.0 Å². The van der Waals surface area contributed by atoms with E-state index in [1.165, 1.54) is 13.2 Å². The van der Waals surface area contributed by atoms with Crippen LogP contribution in [-0.2, 0) is 9.53 Å².